The number of halogens is 1. The molecule has 0 aromatic heterocycles. The Kier molecular flexibility index (Phi) is 5.45. The largest absolute Gasteiger partial charge is 0.465 e. The monoisotopic (exact) mass is 270 g/mol. The number of hydrogen-bond donors (Lipinski definition) is 2. The Morgan fingerprint density at radius 2 is 2.11 bits per heavy atom. The Hall–Kier alpha value is -1.75. The summed E-state index contributed by atoms with van der Waals surface area (Å²) < 4.78 is 4.68. The Morgan fingerprint density at radius 3 is 2.78 bits per heavy atom. The zero-order chi connectivity index (χ0) is 13.5. The lowest BCUT2D eigenvalue weighted by molar-refractivity contribution is -0.141. The summed E-state index contributed by atoms with van der Waals surface area (Å²) in [6.45, 7) is 3.67. The van der Waals surface area contributed by atoms with Gasteiger partial charge in [0.2, 0.25) is 0 Å². The highest BCUT2D eigenvalue weighted by molar-refractivity contribution is 6.31. The average Bonchev–Trinajstić information content (AvgIpc) is 2.32. The topological polar surface area (TPSA) is 67.4 Å². The maximum atomic E-state index is 11.5. The van der Waals surface area contributed by atoms with Crippen LogP contribution >= 0.6 is 11.6 Å². The third-order valence-corrected chi connectivity index (χ3v) is 2.38. The van der Waals surface area contributed by atoms with Crippen molar-refractivity contribution in [1.29, 1.82) is 0 Å². The molecule has 1 aromatic rings. The minimum absolute atomic E-state index is 0.167. The van der Waals surface area contributed by atoms with Crippen LogP contribution in [0, 0.1) is 6.92 Å². The number of hydrogen-bond acceptors (Lipinski definition) is 3. The van der Waals surface area contributed by atoms with Gasteiger partial charge in [-0.15, -0.1) is 0 Å². The SMILES string of the molecule is CCOC(=O)CNC(=O)Nc1cc(Cl)ccc1C. The first-order chi connectivity index (χ1) is 8.52. The van der Waals surface area contributed by atoms with E-state index in [4.69, 9.17) is 11.6 Å². The van der Waals surface area contributed by atoms with Crippen molar-refractivity contribution in [3.63, 3.8) is 0 Å². The number of esters is 1. The molecule has 0 saturated carbocycles. The van der Waals surface area contributed by atoms with E-state index in [1.807, 2.05) is 6.92 Å². The fourth-order valence-corrected chi connectivity index (χ4v) is 1.43. The van der Waals surface area contributed by atoms with Gasteiger partial charge in [-0.25, -0.2) is 4.79 Å². The third kappa shape index (κ3) is 4.63. The van der Waals surface area contributed by atoms with Gasteiger partial charge >= 0.3 is 12.0 Å². The molecule has 98 valence electrons. The molecular formula is C12H15ClN2O3. The lowest BCUT2D eigenvalue weighted by Crippen LogP contribution is -2.34. The molecule has 0 radical (unpaired) electrons. The quantitative estimate of drug-likeness (QED) is 0.825. The van der Waals surface area contributed by atoms with Crippen LogP contribution in [0.4, 0.5) is 10.5 Å². The molecule has 0 spiro atoms. The highest BCUT2D eigenvalue weighted by Crippen LogP contribution is 2.19. The van der Waals surface area contributed by atoms with E-state index in [2.05, 4.69) is 15.4 Å². The molecule has 1 rings (SSSR count). The molecule has 0 aliphatic carbocycles. The molecule has 0 unspecified atom stereocenters. The molecule has 0 saturated heterocycles. The Balaban J connectivity index is 2.49. The van der Waals surface area contributed by atoms with E-state index in [-0.39, 0.29) is 13.2 Å². The van der Waals surface area contributed by atoms with Crippen molar-refractivity contribution in [3.05, 3.63) is 28.8 Å². The molecule has 0 atom stereocenters. The van der Waals surface area contributed by atoms with Crippen LogP contribution in [0.15, 0.2) is 18.2 Å². The number of rotatable bonds is 4. The summed E-state index contributed by atoms with van der Waals surface area (Å²) in [7, 11) is 0. The molecule has 0 fully saturated rings. The Bertz CT molecular complexity index is 449. The second kappa shape index (κ2) is 6.86. The van der Waals surface area contributed by atoms with Crippen LogP contribution < -0.4 is 10.6 Å². The fraction of sp³-hybridized carbons (Fsp3) is 0.333. The predicted octanol–water partition coefficient (Wildman–Crippen LogP) is 2.33. The van der Waals surface area contributed by atoms with Gasteiger partial charge in [-0.1, -0.05) is 17.7 Å². The van der Waals surface area contributed by atoms with Gasteiger partial charge in [-0.2, -0.15) is 0 Å². The third-order valence-electron chi connectivity index (χ3n) is 2.15. The van der Waals surface area contributed by atoms with Crippen LogP contribution in [-0.4, -0.2) is 25.2 Å². The summed E-state index contributed by atoms with van der Waals surface area (Å²) in [6, 6.07) is 4.69. The molecule has 0 aliphatic rings. The number of benzene rings is 1. The highest BCUT2D eigenvalue weighted by atomic mass is 35.5. The van der Waals surface area contributed by atoms with Crippen molar-refractivity contribution in [2.45, 2.75) is 13.8 Å². The first kappa shape index (κ1) is 14.3. The normalized spacial score (nSPS) is 9.72. The number of carbonyl (C=O) groups excluding carboxylic acids is 2. The molecule has 5 nitrogen and oxygen atoms in total. The van der Waals surface area contributed by atoms with Gasteiger partial charge in [-0.3, -0.25) is 4.79 Å². The summed E-state index contributed by atoms with van der Waals surface area (Å²) >= 11 is 5.82. The number of amides is 2. The number of nitrogens with one attached hydrogen (secondary N) is 2. The van der Waals surface area contributed by atoms with Crippen molar-refractivity contribution in [2.24, 2.45) is 0 Å². The average molecular weight is 271 g/mol. The van der Waals surface area contributed by atoms with E-state index in [1.165, 1.54) is 0 Å². The minimum Gasteiger partial charge on any atom is -0.465 e. The second-order valence-corrected chi connectivity index (χ2v) is 4.01. The van der Waals surface area contributed by atoms with Gasteiger partial charge in [0, 0.05) is 10.7 Å². The van der Waals surface area contributed by atoms with Gasteiger partial charge in [0.05, 0.1) is 6.61 Å². The standard InChI is InChI=1S/C12H15ClN2O3/c1-3-18-11(16)7-14-12(17)15-10-6-9(13)5-4-8(10)2/h4-6H,3,7H2,1-2H3,(H2,14,15,17). The van der Waals surface area contributed by atoms with Gasteiger partial charge in [-0.05, 0) is 31.5 Å². The van der Waals surface area contributed by atoms with Crippen LogP contribution in [0.5, 0.6) is 0 Å². The van der Waals surface area contributed by atoms with E-state index in [0.29, 0.717) is 10.7 Å². The van der Waals surface area contributed by atoms with E-state index >= 15 is 0 Å². The summed E-state index contributed by atoms with van der Waals surface area (Å²) in [4.78, 5) is 22.5. The highest BCUT2D eigenvalue weighted by Gasteiger charge is 2.07. The van der Waals surface area contributed by atoms with Gasteiger partial charge in [0.25, 0.3) is 0 Å². The molecule has 1 aromatic carbocycles. The zero-order valence-corrected chi connectivity index (χ0v) is 11.0. The van der Waals surface area contributed by atoms with Gasteiger partial charge < -0.3 is 15.4 Å². The number of aryl methyl sites for hydroxylation is 1. The van der Waals surface area contributed by atoms with Crippen LogP contribution in [0.2, 0.25) is 5.02 Å². The maximum absolute atomic E-state index is 11.5. The molecular weight excluding hydrogens is 256 g/mol. The first-order valence-electron chi connectivity index (χ1n) is 5.49. The predicted molar refractivity (Wildman–Crippen MR) is 69.8 cm³/mol. The summed E-state index contributed by atoms with van der Waals surface area (Å²) in [5, 5.41) is 5.53. The van der Waals surface area contributed by atoms with Crippen LogP contribution in [-0.2, 0) is 9.53 Å². The van der Waals surface area contributed by atoms with Crippen molar-refractivity contribution in [2.75, 3.05) is 18.5 Å². The molecule has 18 heavy (non-hydrogen) atoms. The second-order valence-electron chi connectivity index (χ2n) is 3.57. The number of urea groups is 1. The summed E-state index contributed by atoms with van der Waals surface area (Å²) in [5.74, 6) is -0.476. The van der Waals surface area contributed by atoms with Crippen molar-refractivity contribution < 1.29 is 14.3 Å². The minimum atomic E-state index is -0.478. The van der Waals surface area contributed by atoms with Gasteiger partial charge in [0.1, 0.15) is 6.54 Å². The van der Waals surface area contributed by atoms with Crippen LogP contribution in [0.1, 0.15) is 12.5 Å². The molecule has 0 aliphatic heterocycles. The van der Waals surface area contributed by atoms with E-state index in [1.54, 1.807) is 25.1 Å². The zero-order valence-electron chi connectivity index (χ0n) is 10.2. The van der Waals surface area contributed by atoms with Crippen LogP contribution in [0.3, 0.4) is 0 Å². The lowest BCUT2D eigenvalue weighted by Gasteiger charge is -2.09. The summed E-state index contributed by atoms with van der Waals surface area (Å²) in [5.41, 5.74) is 1.48. The maximum Gasteiger partial charge on any atom is 0.325 e. The van der Waals surface area contributed by atoms with Gasteiger partial charge in [0.15, 0.2) is 0 Å². The molecule has 2 amide bonds. The number of carbonyl (C=O) groups is 2. The number of ether oxygens (including phenoxy) is 1. The van der Waals surface area contributed by atoms with Crippen molar-refractivity contribution in [1.82, 2.24) is 5.32 Å². The van der Waals surface area contributed by atoms with Crippen molar-refractivity contribution in [3.8, 4) is 0 Å². The van der Waals surface area contributed by atoms with E-state index in [0.717, 1.165) is 5.56 Å². The van der Waals surface area contributed by atoms with E-state index < -0.39 is 12.0 Å². The smallest absolute Gasteiger partial charge is 0.325 e. The molecule has 2 N–H and O–H groups in total. The Morgan fingerprint density at radius 1 is 1.39 bits per heavy atom. The first-order valence-corrected chi connectivity index (χ1v) is 5.87. The van der Waals surface area contributed by atoms with E-state index in [9.17, 15) is 9.59 Å². The van der Waals surface area contributed by atoms with Crippen LogP contribution in [0.25, 0.3) is 0 Å². The number of anilines is 1. The summed E-state index contributed by atoms with van der Waals surface area (Å²) in [6.07, 6.45) is 0. The lowest BCUT2D eigenvalue weighted by atomic mass is 10.2. The Labute approximate surface area is 110 Å². The van der Waals surface area contributed by atoms with Crippen molar-refractivity contribution >= 4 is 29.3 Å². The fourth-order valence-electron chi connectivity index (χ4n) is 1.26. The molecule has 0 bridgehead atoms. The molecule has 0 heterocycles. The molecule has 6 heteroatoms.